The van der Waals surface area contributed by atoms with Gasteiger partial charge in [0, 0.05) is 36.5 Å². The Labute approximate surface area is 190 Å². The van der Waals surface area contributed by atoms with E-state index in [9.17, 15) is 14.4 Å². The van der Waals surface area contributed by atoms with Crippen molar-refractivity contribution in [2.45, 2.75) is 78.4 Å². The summed E-state index contributed by atoms with van der Waals surface area (Å²) in [5.74, 6) is -0.764. The van der Waals surface area contributed by atoms with Crippen LogP contribution in [0.5, 0.6) is 0 Å². The molecule has 2 aromatic rings. The highest BCUT2D eigenvalue weighted by Crippen LogP contribution is 2.37. The Morgan fingerprint density at radius 3 is 2.44 bits per heavy atom. The van der Waals surface area contributed by atoms with Gasteiger partial charge >= 0.3 is 0 Å². The molecule has 0 radical (unpaired) electrons. The molecular weight excluding hydrogens is 404 g/mol. The number of nitrogens with one attached hydrogen (secondary N) is 2. The molecule has 0 saturated carbocycles. The fourth-order valence-electron chi connectivity index (χ4n) is 4.82. The van der Waals surface area contributed by atoms with E-state index in [2.05, 4.69) is 41.2 Å². The van der Waals surface area contributed by atoms with Gasteiger partial charge in [-0.3, -0.25) is 14.4 Å². The van der Waals surface area contributed by atoms with Gasteiger partial charge in [0.15, 0.2) is 0 Å². The van der Waals surface area contributed by atoms with E-state index in [-0.39, 0.29) is 17.7 Å². The number of hydrogen-bond donors (Lipinski definition) is 3. The van der Waals surface area contributed by atoms with E-state index in [1.165, 1.54) is 12.6 Å². The molecule has 1 aliphatic carbocycles. The number of nitrogens with two attached hydrogens (primary N) is 1. The molecule has 1 aliphatic rings. The van der Waals surface area contributed by atoms with Gasteiger partial charge in [-0.05, 0) is 42.7 Å². The molecule has 1 aromatic heterocycles. The van der Waals surface area contributed by atoms with E-state index in [4.69, 9.17) is 5.73 Å². The number of aromatic nitrogens is 1. The van der Waals surface area contributed by atoms with Gasteiger partial charge in [-0.25, -0.2) is 0 Å². The lowest BCUT2D eigenvalue weighted by molar-refractivity contribution is -0.136. The standard InChI is InChI=1S/C25H36N4O3/c1-15(2)11-13-29-20-9-7-6-8-18(20)19-14-25(28-17(5)30,12-10-21(19)29)24(32)27-22(16(3)4)23(26)31/h6-9,15-16,22H,10-14H2,1-5H3,(H2,26,31)(H,27,32)(H,28,30)/t22-,25+/m0/s1. The van der Waals surface area contributed by atoms with E-state index < -0.39 is 17.5 Å². The minimum atomic E-state index is -1.12. The Bertz CT molecular complexity index is 1020. The summed E-state index contributed by atoms with van der Waals surface area (Å²) >= 11 is 0. The molecule has 0 unspecified atom stereocenters. The highest BCUT2D eigenvalue weighted by molar-refractivity contribution is 5.96. The number of rotatable bonds is 8. The number of amides is 3. The van der Waals surface area contributed by atoms with E-state index in [1.807, 2.05) is 26.0 Å². The number of para-hydroxylation sites is 1. The molecule has 2 atom stereocenters. The number of carbonyl (C=O) groups excluding carboxylic acids is 3. The van der Waals surface area contributed by atoms with Crippen molar-refractivity contribution in [3.05, 3.63) is 35.5 Å². The summed E-state index contributed by atoms with van der Waals surface area (Å²) in [6.45, 7) is 10.4. The monoisotopic (exact) mass is 440 g/mol. The number of hydrogen-bond acceptors (Lipinski definition) is 3. The first-order valence-corrected chi connectivity index (χ1v) is 11.5. The number of aryl methyl sites for hydroxylation is 1. The molecule has 3 amide bonds. The molecule has 0 saturated heterocycles. The van der Waals surface area contributed by atoms with Gasteiger partial charge in [0.25, 0.3) is 0 Å². The van der Waals surface area contributed by atoms with Crippen LogP contribution in [0, 0.1) is 11.8 Å². The van der Waals surface area contributed by atoms with Crippen LogP contribution in [0.4, 0.5) is 0 Å². The van der Waals surface area contributed by atoms with E-state index in [0.29, 0.717) is 25.2 Å². The molecule has 7 nitrogen and oxygen atoms in total. The maximum absolute atomic E-state index is 13.5. The topological polar surface area (TPSA) is 106 Å². The first-order valence-electron chi connectivity index (χ1n) is 11.5. The van der Waals surface area contributed by atoms with Gasteiger partial charge in [0.05, 0.1) is 0 Å². The Kier molecular flexibility index (Phi) is 6.96. The van der Waals surface area contributed by atoms with Gasteiger partial charge in [-0.2, -0.15) is 0 Å². The second-order valence-electron chi connectivity index (χ2n) is 9.81. The van der Waals surface area contributed by atoms with E-state index >= 15 is 0 Å². The Morgan fingerprint density at radius 2 is 1.84 bits per heavy atom. The number of nitrogens with zero attached hydrogens (tertiary/aromatic N) is 1. The minimum absolute atomic E-state index is 0.150. The zero-order valence-corrected chi connectivity index (χ0v) is 19.8. The summed E-state index contributed by atoms with van der Waals surface area (Å²) in [5.41, 5.74) is 7.90. The van der Waals surface area contributed by atoms with Crippen molar-refractivity contribution in [2.24, 2.45) is 17.6 Å². The fraction of sp³-hybridized carbons (Fsp3) is 0.560. The average molecular weight is 441 g/mol. The fourth-order valence-corrected chi connectivity index (χ4v) is 4.82. The van der Waals surface area contributed by atoms with Gasteiger partial charge in [0.2, 0.25) is 17.7 Å². The van der Waals surface area contributed by atoms with Crippen LogP contribution in [0.2, 0.25) is 0 Å². The molecule has 0 aliphatic heterocycles. The molecule has 174 valence electrons. The van der Waals surface area contributed by atoms with Crippen LogP contribution in [0.15, 0.2) is 24.3 Å². The smallest absolute Gasteiger partial charge is 0.246 e. The molecule has 1 aromatic carbocycles. The molecule has 1 heterocycles. The molecule has 0 spiro atoms. The summed E-state index contributed by atoms with van der Waals surface area (Å²) in [4.78, 5) is 37.6. The summed E-state index contributed by atoms with van der Waals surface area (Å²) in [5, 5.41) is 6.87. The normalized spacial score (nSPS) is 19.1. The predicted molar refractivity (Wildman–Crippen MR) is 126 cm³/mol. The molecular formula is C25H36N4O3. The molecule has 3 rings (SSSR count). The Balaban J connectivity index is 2.03. The van der Waals surface area contributed by atoms with Gasteiger partial charge < -0.3 is 20.9 Å². The lowest BCUT2D eigenvalue weighted by Gasteiger charge is -2.38. The molecule has 0 bridgehead atoms. The Morgan fingerprint density at radius 1 is 1.16 bits per heavy atom. The number of benzene rings is 1. The SMILES string of the molecule is CC(=O)N[C@]1(C(=O)N[C@H](C(N)=O)C(C)C)CCc2c(c3ccccc3n2CCC(C)C)C1. The van der Waals surface area contributed by atoms with Gasteiger partial charge in [-0.15, -0.1) is 0 Å². The van der Waals surface area contributed by atoms with Gasteiger partial charge in [0.1, 0.15) is 11.6 Å². The number of carbonyl (C=O) groups is 3. The second kappa shape index (κ2) is 9.35. The zero-order chi connectivity index (χ0) is 23.6. The van der Waals surface area contributed by atoms with Gasteiger partial charge in [-0.1, -0.05) is 45.9 Å². The summed E-state index contributed by atoms with van der Waals surface area (Å²) < 4.78 is 2.38. The summed E-state index contributed by atoms with van der Waals surface area (Å²) in [6.07, 6.45) is 2.58. The summed E-state index contributed by atoms with van der Waals surface area (Å²) in [7, 11) is 0. The lowest BCUT2D eigenvalue weighted by atomic mass is 9.78. The molecule has 4 N–H and O–H groups in total. The van der Waals surface area contributed by atoms with Crippen LogP contribution in [-0.2, 0) is 33.8 Å². The third-order valence-electron chi connectivity index (χ3n) is 6.50. The molecule has 32 heavy (non-hydrogen) atoms. The van der Waals surface area contributed by atoms with Crippen molar-refractivity contribution < 1.29 is 14.4 Å². The maximum atomic E-state index is 13.5. The third kappa shape index (κ3) is 4.66. The summed E-state index contributed by atoms with van der Waals surface area (Å²) in [6, 6.07) is 7.46. The lowest BCUT2D eigenvalue weighted by Crippen LogP contribution is -2.64. The first kappa shape index (κ1) is 23.8. The van der Waals surface area contributed by atoms with Crippen molar-refractivity contribution in [3.63, 3.8) is 0 Å². The second-order valence-corrected chi connectivity index (χ2v) is 9.81. The predicted octanol–water partition coefficient (Wildman–Crippen LogP) is 2.68. The quantitative estimate of drug-likeness (QED) is 0.587. The minimum Gasteiger partial charge on any atom is -0.368 e. The van der Waals surface area contributed by atoms with Crippen LogP contribution in [0.25, 0.3) is 10.9 Å². The van der Waals surface area contributed by atoms with Crippen molar-refractivity contribution >= 4 is 28.6 Å². The maximum Gasteiger partial charge on any atom is 0.246 e. The zero-order valence-electron chi connectivity index (χ0n) is 19.8. The van der Waals surface area contributed by atoms with Crippen LogP contribution in [-0.4, -0.2) is 33.9 Å². The van der Waals surface area contributed by atoms with Crippen molar-refractivity contribution in [1.82, 2.24) is 15.2 Å². The first-order chi connectivity index (χ1) is 15.1. The van der Waals surface area contributed by atoms with Crippen LogP contribution < -0.4 is 16.4 Å². The molecule has 7 heteroatoms. The van der Waals surface area contributed by atoms with Crippen LogP contribution in [0.3, 0.4) is 0 Å². The van der Waals surface area contributed by atoms with Crippen LogP contribution in [0.1, 0.15) is 58.7 Å². The largest absolute Gasteiger partial charge is 0.368 e. The molecule has 0 fully saturated rings. The highest BCUT2D eigenvalue weighted by Gasteiger charge is 2.45. The number of fused-ring (bicyclic) bond motifs is 3. The number of primary amides is 1. The Hall–Kier alpha value is -2.83. The average Bonchev–Trinajstić information content (AvgIpc) is 3.02. The van der Waals surface area contributed by atoms with Crippen molar-refractivity contribution in [3.8, 4) is 0 Å². The van der Waals surface area contributed by atoms with Crippen LogP contribution >= 0.6 is 0 Å². The van der Waals surface area contributed by atoms with Crippen molar-refractivity contribution in [1.29, 1.82) is 0 Å². The van der Waals surface area contributed by atoms with Crippen molar-refractivity contribution in [2.75, 3.05) is 0 Å². The van der Waals surface area contributed by atoms with E-state index in [0.717, 1.165) is 29.4 Å². The van der Waals surface area contributed by atoms with E-state index in [1.54, 1.807) is 0 Å². The third-order valence-corrected chi connectivity index (χ3v) is 6.50. The highest BCUT2D eigenvalue weighted by atomic mass is 16.2.